The van der Waals surface area contributed by atoms with E-state index in [0.717, 1.165) is 40.2 Å². The third-order valence-corrected chi connectivity index (χ3v) is 5.70. The van der Waals surface area contributed by atoms with Crippen molar-refractivity contribution in [3.63, 3.8) is 0 Å². The van der Waals surface area contributed by atoms with Crippen molar-refractivity contribution in [3.05, 3.63) is 53.3 Å². The van der Waals surface area contributed by atoms with E-state index in [4.69, 9.17) is 9.26 Å². The molecule has 1 aromatic heterocycles. The number of nitrogens with one attached hydrogen (secondary N) is 1. The first-order chi connectivity index (χ1) is 15.7. The molecule has 0 spiro atoms. The van der Waals surface area contributed by atoms with Gasteiger partial charge in [-0.2, -0.15) is 4.98 Å². The van der Waals surface area contributed by atoms with Gasteiger partial charge in [-0.15, -0.1) is 0 Å². The molecule has 8 heteroatoms. The minimum atomic E-state index is -0.774. The number of ether oxygens (including phenoxy) is 1. The Labute approximate surface area is 193 Å². The maximum Gasteiger partial charge on any atom is 0.257 e. The van der Waals surface area contributed by atoms with Gasteiger partial charge in [0.15, 0.2) is 5.82 Å². The van der Waals surface area contributed by atoms with Gasteiger partial charge in [0.1, 0.15) is 5.75 Å². The van der Waals surface area contributed by atoms with Crippen molar-refractivity contribution in [1.29, 1.82) is 0 Å². The highest BCUT2D eigenvalue weighted by molar-refractivity contribution is 5.98. The van der Waals surface area contributed by atoms with Crippen LogP contribution in [0, 0.1) is 13.8 Å². The summed E-state index contributed by atoms with van der Waals surface area (Å²) in [5, 5.41) is 17.0. The summed E-state index contributed by atoms with van der Waals surface area (Å²) in [4.78, 5) is 19.1. The van der Waals surface area contributed by atoms with E-state index in [1.807, 2.05) is 43.3 Å². The van der Waals surface area contributed by atoms with E-state index in [0.29, 0.717) is 31.3 Å². The highest BCUT2D eigenvalue weighted by Crippen LogP contribution is 2.35. The molecular formula is C25H30N4O4. The van der Waals surface area contributed by atoms with Crippen molar-refractivity contribution >= 4 is 17.3 Å². The van der Waals surface area contributed by atoms with E-state index in [9.17, 15) is 9.90 Å². The number of hydrogen-bond acceptors (Lipinski definition) is 7. The number of benzene rings is 2. The smallest absolute Gasteiger partial charge is 0.257 e. The molecule has 2 heterocycles. The highest BCUT2D eigenvalue weighted by atomic mass is 16.5. The number of anilines is 2. The fraction of sp³-hybridized carbons (Fsp3) is 0.400. The monoisotopic (exact) mass is 450 g/mol. The normalized spacial score (nSPS) is 13.2. The van der Waals surface area contributed by atoms with E-state index < -0.39 is 5.60 Å². The van der Waals surface area contributed by atoms with Crippen LogP contribution in [0.1, 0.15) is 37.2 Å². The lowest BCUT2D eigenvalue weighted by Crippen LogP contribution is -2.34. The zero-order valence-electron chi connectivity index (χ0n) is 19.5. The van der Waals surface area contributed by atoms with Gasteiger partial charge in [-0.25, -0.2) is 0 Å². The van der Waals surface area contributed by atoms with Crippen LogP contribution < -0.4 is 15.0 Å². The van der Waals surface area contributed by atoms with Gasteiger partial charge in [0.25, 0.3) is 5.89 Å². The summed E-state index contributed by atoms with van der Waals surface area (Å²) in [5.74, 6) is 1.79. The Balaban J connectivity index is 1.42. The average molecular weight is 451 g/mol. The van der Waals surface area contributed by atoms with E-state index in [-0.39, 0.29) is 12.5 Å². The molecule has 33 heavy (non-hydrogen) atoms. The Bertz CT molecular complexity index is 1150. The lowest BCUT2D eigenvalue weighted by molar-refractivity contribution is -0.116. The summed E-state index contributed by atoms with van der Waals surface area (Å²) >= 11 is 0. The van der Waals surface area contributed by atoms with Gasteiger partial charge in [0.2, 0.25) is 5.91 Å². The average Bonchev–Trinajstić information content (AvgIpc) is 3.39. The molecular weight excluding hydrogens is 420 g/mol. The van der Waals surface area contributed by atoms with Crippen molar-refractivity contribution in [3.8, 4) is 17.2 Å². The summed E-state index contributed by atoms with van der Waals surface area (Å²) in [7, 11) is 0. The summed E-state index contributed by atoms with van der Waals surface area (Å²) in [6, 6.07) is 11.6. The predicted octanol–water partition coefficient (Wildman–Crippen LogP) is 3.89. The van der Waals surface area contributed by atoms with Crippen LogP contribution >= 0.6 is 0 Å². The van der Waals surface area contributed by atoms with E-state index in [2.05, 4.69) is 15.5 Å². The minimum Gasteiger partial charge on any atom is -0.493 e. The number of rotatable bonds is 8. The fourth-order valence-electron chi connectivity index (χ4n) is 3.83. The molecule has 4 rings (SSSR count). The van der Waals surface area contributed by atoms with E-state index in [1.165, 1.54) is 0 Å². The Morgan fingerprint density at radius 2 is 2.09 bits per heavy atom. The van der Waals surface area contributed by atoms with Crippen LogP contribution in [-0.2, 0) is 11.2 Å². The van der Waals surface area contributed by atoms with Crippen molar-refractivity contribution in [2.75, 3.05) is 29.9 Å². The number of nitrogens with zero attached hydrogens (tertiary/aromatic N) is 3. The third kappa shape index (κ3) is 5.34. The van der Waals surface area contributed by atoms with Crippen molar-refractivity contribution in [2.45, 2.75) is 46.1 Å². The number of aromatic nitrogens is 2. The third-order valence-electron chi connectivity index (χ3n) is 5.70. The first-order valence-corrected chi connectivity index (χ1v) is 11.1. The first kappa shape index (κ1) is 22.8. The molecule has 0 aliphatic carbocycles. The molecule has 8 nitrogen and oxygen atoms in total. The van der Waals surface area contributed by atoms with Crippen LogP contribution in [0.5, 0.6) is 5.75 Å². The molecule has 0 saturated carbocycles. The number of carbonyl (C=O) groups excluding carboxylic acids is 1. The number of fused-ring (bicyclic) bond motifs is 1. The molecule has 0 fully saturated rings. The van der Waals surface area contributed by atoms with Crippen LogP contribution in [0.25, 0.3) is 11.5 Å². The van der Waals surface area contributed by atoms with Gasteiger partial charge in [-0.1, -0.05) is 17.3 Å². The summed E-state index contributed by atoms with van der Waals surface area (Å²) < 4.78 is 11.2. The zero-order valence-corrected chi connectivity index (χ0v) is 19.5. The largest absolute Gasteiger partial charge is 0.493 e. The summed E-state index contributed by atoms with van der Waals surface area (Å²) in [5.41, 5.74) is 3.81. The second kappa shape index (κ2) is 9.23. The van der Waals surface area contributed by atoms with Crippen molar-refractivity contribution in [2.24, 2.45) is 0 Å². The number of aryl methyl sites for hydroxylation is 2. The molecule has 1 amide bonds. The van der Waals surface area contributed by atoms with Crippen molar-refractivity contribution < 1.29 is 19.2 Å². The quantitative estimate of drug-likeness (QED) is 0.537. The van der Waals surface area contributed by atoms with Gasteiger partial charge in [-0.3, -0.25) is 4.79 Å². The van der Waals surface area contributed by atoms with Gasteiger partial charge >= 0.3 is 0 Å². The predicted molar refractivity (Wildman–Crippen MR) is 127 cm³/mol. The fourth-order valence-corrected chi connectivity index (χ4v) is 3.83. The number of carbonyl (C=O) groups is 1. The van der Waals surface area contributed by atoms with Crippen LogP contribution in [0.4, 0.5) is 11.4 Å². The Morgan fingerprint density at radius 1 is 1.27 bits per heavy atom. The number of hydrogen-bond donors (Lipinski definition) is 2. The molecule has 0 bridgehead atoms. The topological polar surface area (TPSA) is 101 Å². The molecule has 3 aromatic rings. The summed E-state index contributed by atoms with van der Waals surface area (Å²) in [6.45, 7) is 8.48. The maximum absolute atomic E-state index is 13.1. The van der Waals surface area contributed by atoms with Crippen LogP contribution in [0.2, 0.25) is 0 Å². The molecule has 174 valence electrons. The first-order valence-electron chi connectivity index (χ1n) is 11.1. The molecule has 1 aliphatic rings. The summed E-state index contributed by atoms with van der Waals surface area (Å²) in [6.07, 6.45) is 1.27. The zero-order chi connectivity index (χ0) is 23.6. The van der Waals surface area contributed by atoms with Gasteiger partial charge < -0.3 is 24.6 Å². The van der Waals surface area contributed by atoms with Gasteiger partial charge in [-0.05, 0) is 63.9 Å². The Hall–Kier alpha value is -3.39. The lowest BCUT2D eigenvalue weighted by atomic mass is 10.1. The highest BCUT2D eigenvalue weighted by Gasteiger charge is 2.27. The standard InChI is InChI=1S/C25H30N4O4/c1-16-8-9-18(24-27-17(2)28-33-24)14-20(16)26-15-23(30)29-12-10-19-21(29)6-5-7-22(19)32-13-11-25(3,4)31/h5-9,14,26,31H,10-13,15H2,1-4H3. The van der Waals surface area contributed by atoms with Crippen LogP contribution in [-0.4, -0.2) is 46.5 Å². The second-order valence-corrected chi connectivity index (χ2v) is 8.99. The van der Waals surface area contributed by atoms with Crippen molar-refractivity contribution in [1.82, 2.24) is 10.1 Å². The number of aliphatic hydroxyl groups is 1. The van der Waals surface area contributed by atoms with Gasteiger partial charge in [0.05, 0.1) is 24.4 Å². The molecule has 0 unspecified atom stereocenters. The Kier molecular flexibility index (Phi) is 6.37. The minimum absolute atomic E-state index is 0.0131. The Morgan fingerprint density at radius 3 is 2.82 bits per heavy atom. The lowest BCUT2D eigenvalue weighted by Gasteiger charge is -2.20. The SMILES string of the molecule is Cc1noc(-c2ccc(C)c(NCC(=O)N3CCc4c(OCCC(C)(C)O)cccc43)c2)n1. The van der Waals surface area contributed by atoms with Gasteiger partial charge in [0, 0.05) is 29.8 Å². The molecule has 2 N–H and O–H groups in total. The molecule has 0 saturated heterocycles. The molecule has 0 atom stereocenters. The van der Waals surface area contributed by atoms with Crippen LogP contribution in [0.3, 0.4) is 0 Å². The second-order valence-electron chi connectivity index (χ2n) is 8.99. The van der Waals surface area contributed by atoms with E-state index >= 15 is 0 Å². The maximum atomic E-state index is 13.1. The molecule has 2 aromatic carbocycles. The van der Waals surface area contributed by atoms with E-state index in [1.54, 1.807) is 25.7 Å². The number of amides is 1. The molecule has 0 radical (unpaired) electrons. The van der Waals surface area contributed by atoms with Crippen LogP contribution in [0.15, 0.2) is 40.9 Å². The molecule has 1 aliphatic heterocycles.